The number of halogens is 1. The first kappa shape index (κ1) is 19.4. The number of ether oxygens (including phenoxy) is 1. The molecule has 1 heterocycles. The summed E-state index contributed by atoms with van der Waals surface area (Å²) in [6.07, 6.45) is 1.76. The molecule has 1 aliphatic carbocycles. The van der Waals surface area contributed by atoms with Gasteiger partial charge in [-0.3, -0.25) is 0 Å². The topological polar surface area (TPSA) is 47.9 Å². The minimum Gasteiger partial charge on any atom is -0.487 e. The predicted octanol–water partition coefficient (Wildman–Crippen LogP) is 4.31. The summed E-state index contributed by atoms with van der Waals surface area (Å²) < 4.78 is 32.8. The lowest BCUT2D eigenvalue weighted by atomic mass is 9.83. The number of rotatable bonds is 4. The number of para-hydroxylation sites is 1. The lowest BCUT2D eigenvalue weighted by Gasteiger charge is -2.32. The third-order valence-corrected chi connectivity index (χ3v) is 5.81. The molecule has 2 atom stereocenters. The fourth-order valence-electron chi connectivity index (χ4n) is 3.34. The highest BCUT2D eigenvalue weighted by atomic mass is 19.1. The highest BCUT2D eigenvalue weighted by Gasteiger charge is 2.53. The Kier molecular flexibility index (Phi) is 5.21. The van der Waals surface area contributed by atoms with Gasteiger partial charge in [0, 0.05) is 5.56 Å². The Morgan fingerprint density at radius 1 is 1.15 bits per heavy atom. The molecule has 0 spiro atoms. The van der Waals surface area contributed by atoms with Crippen molar-refractivity contribution < 1.29 is 23.5 Å². The van der Waals surface area contributed by atoms with Gasteiger partial charge in [0.15, 0.2) is 0 Å². The van der Waals surface area contributed by atoms with Crippen molar-refractivity contribution >= 4 is 12.7 Å². The second-order valence-electron chi connectivity index (χ2n) is 8.21. The SMILES string of the molecule is CC(=C(F)B1OC(C)(C)C(C)(C)O1)c1ccccc1OC1CCCC1O. The van der Waals surface area contributed by atoms with Gasteiger partial charge in [0.2, 0.25) is 0 Å². The summed E-state index contributed by atoms with van der Waals surface area (Å²) in [5.41, 5.74) is -0.574. The quantitative estimate of drug-likeness (QED) is 0.811. The Labute approximate surface area is 155 Å². The van der Waals surface area contributed by atoms with Crippen LogP contribution in [-0.2, 0) is 9.31 Å². The van der Waals surface area contributed by atoms with Gasteiger partial charge in [-0.05, 0) is 65.5 Å². The molecule has 0 aromatic heterocycles. The van der Waals surface area contributed by atoms with Crippen LogP contribution in [-0.4, -0.2) is 35.6 Å². The molecule has 6 heteroatoms. The normalized spacial score (nSPS) is 28.2. The van der Waals surface area contributed by atoms with E-state index in [1.54, 1.807) is 13.0 Å². The average Bonchev–Trinajstić information content (AvgIpc) is 3.07. The summed E-state index contributed by atoms with van der Waals surface area (Å²) >= 11 is 0. The van der Waals surface area contributed by atoms with Crippen molar-refractivity contribution in [2.75, 3.05) is 0 Å². The monoisotopic (exact) mass is 362 g/mol. The summed E-state index contributed by atoms with van der Waals surface area (Å²) in [5.74, 6) is 0.572. The van der Waals surface area contributed by atoms with Crippen molar-refractivity contribution in [1.82, 2.24) is 0 Å². The van der Waals surface area contributed by atoms with E-state index in [-0.39, 0.29) is 6.10 Å². The van der Waals surface area contributed by atoms with Gasteiger partial charge in [-0.25, -0.2) is 4.39 Å². The van der Waals surface area contributed by atoms with E-state index in [0.29, 0.717) is 16.9 Å². The third-order valence-electron chi connectivity index (χ3n) is 5.81. The van der Waals surface area contributed by atoms with E-state index in [1.807, 2.05) is 45.9 Å². The van der Waals surface area contributed by atoms with Crippen LogP contribution in [0.25, 0.3) is 5.57 Å². The largest absolute Gasteiger partial charge is 0.525 e. The molecule has 2 fully saturated rings. The van der Waals surface area contributed by atoms with Crippen molar-refractivity contribution in [3.63, 3.8) is 0 Å². The van der Waals surface area contributed by atoms with Crippen molar-refractivity contribution in [3.05, 3.63) is 35.6 Å². The summed E-state index contributed by atoms with van der Waals surface area (Å²) in [7, 11) is -1.04. The number of hydrogen-bond donors (Lipinski definition) is 1. The minimum absolute atomic E-state index is 0.246. The molecule has 1 aliphatic heterocycles. The van der Waals surface area contributed by atoms with E-state index in [4.69, 9.17) is 14.0 Å². The van der Waals surface area contributed by atoms with Crippen LogP contribution >= 0.6 is 0 Å². The molecule has 142 valence electrons. The van der Waals surface area contributed by atoms with Gasteiger partial charge in [0.25, 0.3) is 0 Å². The van der Waals surface area contributed by atoms with Gasteiger partial charge in [-0.2, -0.15) is 0 Å². The molecule has 1 aromatic carbocycles. The smallest absolute Gasteiger partial charge is 0.487 e. The average molecular weight is 362 g/mol. The van der Waals surface area contributed by atoms with E-state index in [0.717, 1.165) is 19.3 Å². The molecule has 4 nitrogen and oxygen atoms in total. The van der Waals surface area contributed by atoms with Gasteiger partial charge in [0.1, 0.15) is 17.6 Å². The maximum absolute atomic E-state index is 15.2. The Hall–Kier alpha value is -1.37. The van der Waals surface area contributed by atoms with E-state index in [1.165, 1.54) is 0 Å². The lowest BCUT2D eigenvalue weighted by molar-refractivity contribution is 0.00578. The molecule has 2 unspecified atom stereocenters. The Morgan fingerprint density at radius 2 is 1.77 bits per heavy atom. The standard InChI is InChI=1S/C20H28BFO4/c1-13(18(22)21-25-19(2,3)20(4,5)26-21)14-9-6-7-11-16(14)24-17-12-8-10-15(17)23/h6-7,9,11,15,17,23H,8,10,12H2,1-5H3. The molecule has 0 amide bonds. The molecule has 2 aliphatic rings. The lowest BCUT2D eigenvalue weighted by Crippen LogP contribution is -2.41. The Balaban J connectivity index is 1.87. The van der Waals surface area contributed by atoms with E-state index < -0.39 is 30.2 Å². The number of hydrogen-bond acceptors (Lipinski definition) is 4. The van der Waals surface area contributed by atoms with Crippen LogP contribution in [0.1, 0.15) is 59.4 Å². The number of benzene rings is 1. The number of allylic oxidation sites excluding steroid dienone is 1. The van der Waals surface area contributed by atoms with Crippen LogP contribution in [0, 0.1) is 0 Å². The van der Waals surface area contributed by atoms with E-state index in [2.05, 4.69) is 0 Å². The molecule has 0 radical (unpaired) electrons. The zero-order valence-corrected chi connectivity index (χ0v) is 16.2. The highest BCUT2D eigenvalue weighted by molar-refractivity contribution is 6.55. The first-order valence-electron chi connectivity index (χ1n) is 9.28. The summed E-state index contributed by atoms with van der Waals surface area (Å²) in [4.78, 5) is 0. The Morgan fingerprint density at radius 3 is 2.35 bits per heavy atom. The van der Waals surface area contributed by atoms with Gasteiger partial charge in [-0.15, -0.1) is 0 Å². The number of aliphatic hydroxyl groups is 1. The van der Waals surface area contributed by atoms with Gasteiger partial charge < -0.3 is 19.2 Å². The molecule has 26 heavy (non-hydrogen) atoms. The van der Waals surface area contributed by atoms with Crippen LogP contribution in [0.3, 0.4) is 0 Å². The fourth-order valence-corrected chi connectivity index (χ4v) is 3.34. The van der Waals surface area contributed by atoms with Crippen molar-refractivity contribution in [1.29, 1.82) is 0 Å². The zero-order chi connectivity index (χ0) is 19.1. The molecule has 1 saturated carbocycles. The predicted molar refractivity (Wildman–Crippen MR) is 100 cm³/mol. The van der Waals surface area contributed by atoms with Gasteiger partial charge in [0.05, 0.1) is 17.3 Å². The maximum Gasteiger partial charge on any atom is 0.525 e. The van der Waals surface area contributed by atoms with Crippen molar-refractivity contribution in [3.8, 4) is 5.75 Å². The van der Waals surface area contributed by atoms with E-state index in [9.17, 15) is 5.11 Å². The summed E-state index contributed by atoms with van der Waals surface area (Å²) in [6.45, 7) is 9.29. The minimum atomic E-state index is -1.04. The van der Waals surface area contributed by atoms with Crippen molar-refractivity contribution in [2.24, 2.45) is 0 Å². The molecule has 1 aromatic rings. The van der Waals surface area contributed by atoms with Gasteiger partial charge in [-0.1, -0.05) is 18.2 Å². The zero-order valence-electron chi connectivity index (χ0n) is 16.2. The van der Waals surface area contributed by atoms with Crippen LogP contribution in [0.2, 0.25) is 0 Å². The molecule has 1 N–H and O–H groups in total. The first-order valence-corrected chi connectivity index (χ1v) is 9.28. The van der Waals surface area contributed by atoms with E-state index >= 15 is 4.39 Å². The third kappa shape index (κ3) is 3.55. The maximum atomic E-state index is 15.2. The van der Waals surface area contributed by atoms with Crippen LogP contribution in [0.5, 0.6) is 5.75 Å². The first-order chi connectivity index (χ1) is 12.1. The molecule has 0 bridgehead atoms. The summed E-state index contributed by atoms with van der Waals surface area (Å²) in [5, 5.41) is 10.0. The second kappa shape index (κ2) is 6.99. The second-order valence-corrected chi connectivity index (χ2v) is 8.21. The molecule has 3 rings (SSSR count). The van der Waals surface area contributed by atoms with Crippen LogP contribution in [0.4, 0.5) is 4.39 Å². The summed E-state index contributed by atoms with van der Waals surface area (Å²) in [6, 6.07) is 7.31. The number of aliphatic hydroxyl groups excluding tert-OH is 1. The van der Waals surface area contributed by atoms with Crippen LogP contribution < -0.4 is 4.74 Å². The fraction of sp³-hybridized carbons (Fsp3) is 0.600. The molecular weight excluding hydrogens is 334 g/mol. The Bertz CT molecular complexity index is 685. The van der Waals surface area contributed by atoms with Crippen molar-refractivity contribution in [2.45, 2.75) is 77.3 Å². The van der Waals surface area contributed by atoms with Crippen LogP contribution in [0.15, 0.2) is 30.0 Å². The molecular formula is C20H28BFO4. The highest BCUT2D eigenvalue weighted by Crippen LogP contribution is 2.41. The molecule has 1 saturated heterocycles. The van der Waals surface area contributed by atoms with Gasteiger partial charge >= 0.3 is 7.12 Å².